The van der Waals surface area contributed by atoms with Gasteiger partial charge in [0.1, 0.15) is 12.1 Å². The Morgan fingerprint density at radius 1 is 1.50 bits per heavy atom. The van der Waals surface area contributed by atoms with Crippen LogP contribution in [0.3, 0.4) is 0 Å². The standard InChI is InChI=1S/C10H16O2/c1-7(12)4-5-8-9(6-11)10(8,2)3/h6,8-9H,4-5H2,1-3H3/t8-,9+/m1/s1. The van der Waals surface area contributed by atoms with E-state index in [1.807, 2.05) is 0 Å². The zero-order chi connectivity index (χ0) is 9.35. The highest BCUT2D eigenvalue weighted by Crippen LogP contribution is 2.59. The first-order chi connectivity index (χ1) is 5.50. The van der Waals surface area contributed by atoms with Gasteiger partial charge in [-0.2, -0.15) is 0 Å². The summed E-state index contributed by atoms with van der Waals surface area (Å²) in [5.41, 5.74) is 0.150. The molecule has 0 saturated heterocycles. The topological polar surface area (TPSA) is 34.1 Å². The van der Waals surface area contributed by atoms with Crippen LogP contribution in [0.1, 0.15) is 33.6 Å². The fourth-order valence-electron chi connectivity index (χ4n) is 1.97. The van der Waals surface area contributed by atoms with Crippen molar-refractivity contribution < 1.29 is 9.59 Å². The van der Waals surface area contributed by atoms with Crippen LogP contribution in [0.4, 0.5) is 0 Å². The SMILES string of the molecule is CC(=O)CC[C@@H]1[C@H](C=O)C1(C)C. The first kappa shape index (κ1) is 9.43. The predicted molar refractivity (Wildman–Crippen MR) is 46.7 cm³/mol. The summed E-state index contributed by atoms with van der Waals surface area (Å²) >= 11 is 0. The van der Waals surface area contributed by atoms with Crippen LogP contribution in [-0.2, 0) is 9.59 Å². The second kappa shape index (κ2) is 3.00. The lowest BCUT2D eigenvalue weighted by molar-refractivity contribution is -0.117. The summed E-state index contributed by atoms with van der Waals surface area (Å²) in [6.07, 6.45) is 2.54. The van der Waals surface area contributed by atoms with E-state index in [9.17, 15) is 9.59 Å². The van der Waals surface area contributed by atoms with Crippen molar-refractivity contribution in [2.75, 3.05) is 0 Å². The van der Waals surface area contributed by atoms with E-state index in [1.54, 1.807) is 6.92 Å². The van der Waals surface area contributed by atoms with Crippen molar-refractivity contribution >= 4 is 12.1 Å². The molecular formula is C10H16O2. The molecule has 0 spiro atoms. The molecule has 1 rings (SSSR count). The maximum Gasteiger partial charge on any atom is 0.129 e. The van der Waals surface area contributed by atoms with Crippen molar-refractivity contribution in [3.05, 3.63) is 0 Å². The van der Waals surface area contributed by atoms with Crippen molar-refractivity contribution in [3.8, 4) is 0 Å². The van der Waals surface area contributed by atoms with Crippen molar-refractivity contribution in [2.45, 2.75) is 33.6 Å². The van der Waals surface area contributed by atoms with Crippen LogP contribution in [-0.4, -0.2) is 12.1 Å². The molecule has 2 heteroatoms. The minimum atomic E-state index is 0.150. The van der Waals surface area contributed by atoms with Crippen molar-refractivity contribution in [1.29, 1.82) is 0 Å². The van der Waals surface area contributed by atoms with E-state index < -0.39 is 0 Å². The van der Waals surface area contributed by atoms with Gasteiger partial charge in [-0.3, -0.25) is 0 Å². The predicted octanol–water partition coefficient (Wildman–Crippen LogP) is 1.83. The molecule has 0 aromatic heterocycles. The fourth-order valence-corrected chi connectivity index (χ4v) is 1.97. The molecule has 2 nitrogen and oxygen atoms in total. The molecule has 0 aliphatic heterocycles. The third kappa shape index (κ3) is 1.57. The van der Waals surface area contributed by atoms with E-state index in [-0.39, 0.29) is 17.1 Å². The smallest absolute Gasteiger partial charge is 0.129 e. The highest BCUT2D eigenvalue weighted by atomic mass is 16.1. The Morgan fingerprint density at radius 3 is 2.42 bits per heavy atom. The Kier molecular flexibility index (Phi) is 2.36. The minimum Gasteiger partial charge on any atom is -0.303 e. The summed E-state index contributed by atoms with van der Waals surface area (Å²) in [5, 5.41) is 0. The van der Waals surface area contributed by atoms with Gasteiger partial charge in [-0.25, -0.2) is 0 Å². The first-order valence-electron chi connectivity index (χ1n) is 4.45. The molecule has 0 aromatic rings. The van der Waals surface area contributed by atoms with E-state index in [4.69, 9.17) is 0 Å². The molecular weight excluding hydrogens is 152 g/mol. The fraction of sp³-hybridized carbons (Fsp3) is 0.800. The number of aldehydes is 1. The molecule has 12 heavy (non-hydrogen) atoms. The van der Waals surface area contributed by atoms with Crippen LogP contribution in [0.15, 0.2) is 0 Å². The molecule has 0 N–H and O–H groups in total. The molecule has 1 aliphatic carbocycles. The number of ketones is 1. The number of rotatable bonds is 4. The van der Waals surface area contributed by atoms with Crippen LogP contribution in [0.5, 0.6) is 0 Å². The monoisotopic (exact) mass is 168 g/mol. The van der Waals surface area contributed by atoms with E-state index in [0.717, 1.165) is 12.7 Å². The van der Waals surface area contributed by atoms with Crippen LogP contribution >= 0.6 is 0 Å². The highest BCUT2D eigenvalue weighted by Gasteiger charge is 2.56. The second-order valence-corrected chi connectivity index (χ2v) is 4.33. The molecule has 0 unspecified atom stereocenters. The molecule has 0 aromatic carbocycles. The molecule has 1 saturated carbocycles. The molecule has 2 atom stereocenters. The third-order valence-corrected chi connectivity index (χ3v) is 3.09. The van der Waals surface area contributed by atoms with E-state index in [2.05, 4.69) is 13.8 Å². The Labute approximate surface area is 73.3 Å². The Morgan fingerprint density at radius 2 is 2.08 bits per heavy atom. The van der Waals surface area contributed by atoms with Gasteiger partial charge in [0.2, 0.25) is 0 Å². The average molecular weight is 168 g/mol. The summed E-state index contributed by atoms with van der Waals surface area (Å²) in [5.74, 6) is 0.859. The van der Waals surface area contributed by atoms with Gasteiger partial charge in [-0.05, 0) is 24.7 Å². The van der Waals surface area contributed by atoms with Gasteiger partial charge in [0, 0.05) is 12.3 Å². The van der Waals surface area contributed by atoms with Gasteiger partial charge in [0.15, 0.2) is 0 Å². The van der Waals surface area contributed by atoms with Gasteiger partial charge in [-0.1, -0.05) is 13.8 Å². The summed E-state index contributed by atoms with van der Waals surface area (Å²) in [6, 6.07) is 0. The lowest BCUT2D eigenvalue weighted by Gasteiger charge is -1.99. The molecule has 0 bridgehead atoms. The molecule has 0 radical (unpaired) electrons. The van der Waals surface area contributed by atoms with Gasteiger partial charge in [0.25, 0.3) is 0 Å². The van der Waals surface area contributed by atoms with E-state index in [0.29, 0.717) is 12.3 Å². The van der Waals surface area contributed by atoms with Crippen molar-refractivity contribution in [2.24, 2.45) is 17.3 Å². The largest absolute Gasteiger partial charge is 0.303 e. The molecule has 1 aliphatic rings. The highest BCUT2D eigenvalue weighted by molar-refractivity contribution is 5.75. The van der Waals surface area contributed by atoms with E-state index in [1.165, 1.54) is 0 Å². The van der Waals surface area contributed by atoms with Crippen molar-refractivity contribution in [3.63, 3.8) is 0 Å². The summed E-state index contributed by atoms with van der Waals surface area (Å²) in [7, 11) is 0. The molecule has 0 heterocycles. The number of carbonyl (C=O) groups excluding carboxylic acids is 2. The summed E-state index contributed by atoms with van der Waals surface area (Å²) in [6.45, 7) is 5.79. The van der Waals surface area contributed by atoms with Crippen LogP contribution in [0, 0.1) is 17.3 Å². The summed E-state index contributed by atoms with van der Waals surface area (Å²) < 4.78 is 0. The third-order valence-electron chi connectivity index (χ3n) is 3.09. The van der Waals surface area contributed by atoms with Gasteiger partial charge < -0.3 is 9.59 Å². The van der Waals surface area contributed by atoms with Gasteiger partial charge in [-0.15, -0.1) is 0 Å². The Hall–Kier alpha value is -0.660. The minimum absolute atomic E-state index is 0.150. The van der Waals surface area contributed by atoms with E-state index >= 15 is 0 Å². The Balaban J connectivity index is 2.37. The maximum atomic E-state index is 10.7. The van der Waals surface area contributed by atoms with Gasteiger partial charge in [0.05, 0.1) is 0 Å². The Bertz CT molecular complexity index is 206. The lowest BCUT2D eigenvalue weighted by atomic mass is 10.1. The molecule has 1 fully saturated rings. The van der Waals surface area contributed by atoms with Crippen LogP contribution in [0.2, 0.25) is 0 Å². The zero-order valence-corrected chi connectivity index (χ0v) is 7.96. The number of carbonyl (C=O) groups is 2. The quantitative estimate of drug-likeness (QED) is 0.600. The normalized spacial score (nSPS) is 31.2. The average Bonchev–Trinajstić information content (AvgIpc) is 2.48. The molecule has 68 valence electrons. The molecule has 0 amide bonds. The maximum absolute atomic E-state index is 10.7. The first-order valence-corrected chi connectivity index (χ1v) is 4.45. The van der Waals surface area contributed by atoms with Crippen molar-refractivity contribution in [1.82, 2.24) is 0 Å². The number of hydrogen-bond acceptors (Lipinski definition) is 2. The van der Waals surface area contributed by atoms with Crippen LogP contribution < -0.4 is 0 Å². The van der Waals surface area contributed by atoms with Crippen LogP contribution in [0.25, 0.3) is 0 Å². The zero-order valence-electron chi connectivity index (χ0n) is 7.96. The lowest BCUT2D eigenvalue weighted by Crippen LogP contribution is -1.94. The second-order valence-electron chi connectivity index (χ2n) is 4.33. The number of Topliss-reactive ketones (excluding diaryl/α,β-unsaturated/α-hetero) is 1. The van der Waals surface area contributed by atoms with Gasteiger partial charge >= 0.3 is 0 Å². The summed E-state index contributed by atoms with van der Waals surface area (Å²) in [4.78, 5) is 21.2. The number of hydrogen-bond donors (Lipinski definition) is 0.